The Bertz CT molecular complexity index is 888. The lowest BCUT2D eigenvalue weighted by atomic mass is 9.79. The Labute approximate surface area is 157 Å². The zero-order valence-corrected chi connectivity index (χ0v) is 15.0. The van der Waals surface area contributed by atoms with Gasteiger partial charge in [-0.05, 0) is 36.5 Å². The van der Waals surface area contributed by atoms with Crippen molar-refractivity contribution in [1.29, 1.82) is 5.26 Å². The fraction of sp³-hybridized carbons (Fsp3) is 0.389. The maximum absolute atomic E-state index is 9.72. The Morgan fingerprint density at radius 2 is 2.30 bits per heavy atom. The van der Waals surface area contributed by atoms with Crippen LogP contribution in [-0.2, 0) is 16.0 Å². The van der Waals surface area contributed by atoms with Crippen molar-refractivity contribution in [3.63, 3.8) is 0 Å². The number of anilines is 3. The van der Waals surface area contributed by atoms with E-state index in [0.717, 1.165) is 22.3 Å². The minimum Gasteiger partial charge on any atom is -0.423 e. The van der Waals surface area contributed by atoms with Crippen molar-refractivity contribution in [3.8, 4) is 6.07 Å². The van der Waals surface area contributed by atoms with Gasteiger partial charge in [-0.25, -0.2) is 4.98 Å². The third-order valence-corrected chi connectivity index (χ3v) is 4.88. The number of ether oxygens (including phenoxy) is 1. The number of rotatable bonds is 4. The van der Waals surface area contributed by atoms with Gasteiger partial charge in [-0.15, -0.1) is 0 Å². The second kappa shape index (κ2) is 7.52. The van der Waals surface area contributed by atoms with Crippen molar-refractivity contribution in [3.05, 3.63) is 35.5 Å². The number of fused-ring (bicyclic) bond motifs is 1. The smallest absolute Gasteiger partial charge is 0.423 e. The topological polar surface area (TPSA) is 112 Å². The van der Waals surface area contributed by atoms with Gasteiger partial charge >= 0.3 is 7.12 Å². The quantitative estimate of drug-likeness (QED) is 0.691. The molecule has 0 spiro atoms. The lowest BCUT2D eigenvalue weighted by molar-refractivity contribution is 0.0698. The number of hydrogen-bond donors (Lipinski definition) is 3. The number of aryl methyl sites for hydroxylation is 1. The second-order valence-corrected chi connectivity index (χ2v) is 6.78. The highest BCUT2D eigenvalue weighted by atomic mass is 16.5. The number of nitriles is 1. The van der Waals surface area contributed by atoms with Crippen LogP contribution in [0.15, 0.2) is 24.4 Å². The van der Waals surface area contributed by atoms with Crippen LogP contribution in [0.5, 0.6) is 0 Å². The first-order chi connectivity index (χ1) is 13.1. The second-order valence-electron chi connectivity index (χ2n) is 6.78. The molecule has 3 N–H and O–H groups in total. The zero-order chi connectivity index (χ0) is 18.8. The van der Waals surface area contributed by atoms with Gasteiger partial charge in [0.05, 0.1) is 31.2 Å². The van der Waals surface area contributed by atoms with Crippen LogP contribution in [0.25, 0.3) is 0 Å². The van der Waals surface area contributed by atoms with E-state index >= 15 is 0 Å². The molecule has 0 bridgehead atoms. The van der Waals surface area contributed by atoms with Crippen LogP contribution in [-0.4, -0.2) is 41.4 Å². The highest BCUT2D eigenvalue weighted by Gasteiger charge is 2.28. The van der Waals surface area contributed by atoms with Crippen LogP contribution < -0.4 is 16.1 Å². The molecule has 0 radical (unpaired) electrons. The Hall–Kier alpha value is -2.67. The Kier molecular flexibility index (Phi) is 4.94. The molecule has 2 aliphatic rings. The highest BCUT2D eigenvalue weighted by molar-refractivity contribution is 6.61. The Morgan fingerprint density at radius 1 is 1.41 bits per heavy atom. The first kappa shape index (κ1) is 17.7. The lowest BCUT2D eigenvalue weighted by Crippen LogP contribution is -2.38. The van der Waals surface area contributed by atoms with Crippen LogP contribution in [0, 0.1) is 24.2 Å². The van der Waals surface area contributed by atoms with E-state index in [1.165, 1.54) is 0 Å². The fourth-order valence-corrected chi connectivity index (χ4v) is 3.30. The van der Waals surface area contributed by atoms with E-state index in [1.54, 1.807) is 6.20 Å². The third-order valence-electron chi connectivity index (χ3n) is 4.88. The molecule has 0 aliphatic carbocycles. The molecule has 27 heavy (non-hydrogen) atoms. The maximum Gasteiger partial charge on any atom is 0.491 e. The molecule has 0 unspecified atom stereocenters. The summed E-state index contributed by atoms with van der Waals surface area (Å²) in [5.74, 6) is 1.03. The third kappa shape index (κ3) is 3.73. The molecule has 138 valence electrons. The molecule has 1 saturated heterocycles. The van der Waals surface area contributed by atoms with Crippen molar-refractivity contribution in [2.75, 3.05) is 23.8 Å². The molecule has 1 aromatic heterocycles. The van der Waals surface area contributed by atoms with Crippen molar-refractivity contribution in [2.45, 2.75) is 26.0 Å². The van der Waals surface area contributed by atoms with Gasteiger partial charge in [-0.1, -0.05) is 6.07 Å². The molecule has 3 heterocycles. The van der Waals surface area contributed by atoms with Gasteiger partial charge in [0, 0.05) is 24.1 Å². The Morgan fingerprint density at radius 3 is 3.15 bits per heavy atom. The molecular weight excluding hydrogens is 345 g/mol. The SMILES string of the molecule is Cc1cnc(Nc2ccc3c(c2)COB3O)nc1N[C@@H]1COCC[C@H]1C#N. The largest absolute Gasteiger partial charge is 0.491 e. The van der Waals surface area contributed by atoms with Gasteiger partial charge in [0.2, 0.25) is 5.95 Å². The predicted molar refractivity (Wildman–Crippen MR) is 101 cm³/mol. The zero-order valence-electron chi connectivity index (χ0n) is 15.0. The van der Waals surface area contributed by atoms with Crippen LogP contribution in [0.4, 0.5) is 17.5 Å². The summed E-state index contributed by atoms with van der Waals surface area (Å²) in [4.78, 5) is 8.90. The summed E-state index contributed by atoms with van der Waals surface area (Å²) >= 11 is 0. The molecule has 2 aliphatic heterocycles. The van der Waals surface area contributed by atoms with Crippen LogP contribution in [0.2, 0.25) is 0 Å². The van der Waals surface area contributed by atoms with E-state index in [-0.39, 0.29) is 12.0 Å². The average Bonchev–Trinajstić information content (AvgIpc) is 3.05. The molecule has 0 saturated carbocycles. The lowest BCUT2D eigenvalue weighted by Gasteiger charge is -2.28. The summed E-state index contributed by atoms with van der Waals surface area (Å²) < 4.78 is 10.7. The van der Waals surface area contributed by atoms with Gasteiger partial charge in [0.15, 0.2) is 0 Å². The number of aromatic nitrogens is 2. The number of nitrogens with one attached hydrogen (secondary N) is 2. The van der Waals surface area contributed by atoms with Crippen LogP contribution in [0.3, 0.4) is 0 Å². The van der Waals surface area contributed by atoms with E-state index in [0.29, 0.717) is 38.0 Å². The first-order valence-corrected chi connectivity index (χ1v) is 8.91. The van der Waals surface area contributed by atoms with Crippen LogP contribution >= 0.6 is 0 Å². The number of hydrogen-bond acceptors (Lipinski definition) is 8. The van der Waals surface area contributed by atoms with Crippen molar-refractivity contribution < 1.29 is 14.4 Å². The maximum atomic E-state index is 9.72. The van der Waals surface area contributed by atoms with Gasteiger partial charge in [-0.2, -0.15) is 10.2 Å². The monoisotopic (exact) mass is 365 g/mol. The van der Waals surface area contributed by atoms with Crippen LogP contribution in [0.1, 0.15) is 17.5 Å². The van der Waals surface area contributed by atoms with E-state index in [9.17, 15) is 10.3 Å². The number of benzene rings is 1. The highest BCUT2D eigenvalue weighted by Crippen LogP contribution is 2.23. The molecule has 8 nitrogen and oxygen atoms in total. The van der Waals surface area contributed by atoms with Gasteiger partial charge < -0.3 is 25.0 Å². The summed E-state index contributed by atoms with van der Waals surface area (Å²) in [6.07, 6.45) is 2.45. The number of nitrogens with zero attached hydrogens (tertiary/aromatic N) is 3. The molecular formula is C18H20BN5O3. The molecule has 0 amide bonds. The van der Waals surface area contributed by atoms with Gasteiger partial charge in [0.1, 0.15) is 5.82 Å². The minimum atomic E-state index is -0.855. The van der Waals surface area contributed by atoms with E-state index in [1.807, 2.05) is 25.1 Å². The van der Waals surface area contributed by atoms with Gasteiger partial charge in [0.25, 0.3) is 0 Å². The standard InChI is InChI=1S/C18H20BN5O3/c1-11-8-21-18(22-14-2-3-15-13(6-14)9-27-19(15)25)24-17(11)23-16-10-26-5-4-12(16)7-20/h2-3,6,8,12,16,25H,4-5,9-10H2,1H3,(H2,21,22,23,24)/t12-,16+/m0/s1. The van der Waals surface area contributed by atoms with E-state index < -0.39 is 7.12 Å². The average molecular weight is 365 g/mol. The summed E-state index contributed by atoms with van der Waals surface area (Å²) in [5.41, 5.74) is 3.44. The summed E-state index contributed by atoms with van der Waals surface area (Å²) in [6.45, 7) is 3.40. The Balaban J connectivity index is 1.51. The summed E-state index contributed by atoms with van der Waals surface area (Å²) in [7, 11) is -0.855. The molecule has 4 rings (SSSR count). The normalized spacial score (nSPS) is 21.4. The van der Waals surface area contributed by atoms with Crippen molar-refractivity contribution in [1.82, 2.24) is 9.97 Å². The van der Waals surface area contributed by atoms with Crippen molar-refractivity contribution in [2.24, 2.45) is 5.92 Å². The molecule has 9 heteroatoms. The summed E-state index contributed by atoms with van der Waals surface area (Å²) in [6, 6.07) is 7.86. The molecule has 1 aromatic carbocycles. The van der Waals surface area contributed by atoms with E-state index in [2.05, 4.69) is 26.7 Å². The fourth-order valence-electron chi connectivity index (χ4n) is 3.30. The predicted octanol–water partition coefficient (Wildman–Crippen LogP) is 1.09. The molecule has 2 atom stereocenters. The molecule has 2 aromatic rings. The summed E-state index contributed by atoms with van der Waals surface area (Å²) in [5, 5.41) is 25.6. The van der Waals surface area contributed by atoms with Gasteiger partial charge in [-0.3, -0.25) is 0 Å². The first-order valence-electron chi connectivity index (χ1n) is 8.91. The molecule has 1 fully saturated rings. The van der Waals surface area contributed by atoms with Crippen molar-refractivity contribution >= 4 is 30.0 Å². The minimum absolute atomic E-state index is 0.0937. The van der Waals surface area contributed by atoms with E-state index in [4.69, 9.17) is 9.39 Å².